The first kappa shape index (κ1) is 13.5. The summed E-state index contributed by atoms with van der Waals surface area (Å²) in [6, 6.07) is 4.13. The van der Waals surface area contributed by atoms with Crippen molar-refractivity contribution < 1.29 is 14.6 Å². The lowest BCUT2D eigenvalue weighted by Crippen LogP contribution is -2.37. The number of likely N-dealkylation sites (tertiary alicyclic amines) is 1. The predicted molar refractivity (Wildman–Crippen MR) is 76.2 cm³/mol. The summed E-state index contributed by atoms with van der Waals surface area (Å²) in [5.74, 6) is 1.67. The highest BCUT2D eigenvalue weighted by Gasteiger charge is 2.26. The van der Waals surface area contributed by atoms with Crippen LogP contribution in [0, 0.1) is 0 Å². The Bertz CT molecular complexity index is 490. The van der Waals surface area contributed by atoms with Crippen LogP contribution < -0.4 is 9.47 Å². The molecule has 0 spiro atoms. The van der Waals surface area contributed by atoms with Crippen molar-refractivity contribution in [1.29, 1.82) is 0 Å². The van der Waals surface area contributed by atoms with Crippen LogP contribution in [0.25, 0.3) is 0 Å². The number of ether oxygens (including phenoxy) is 2. The normalized spacial score (nSPS) is 21.9. The second-order valence-corrected chi connectivity index (χ2v) is 5.86. The minimum Gasteiger partial charge on any atom is -0.507 e. The number of phenolic OH excluding ortho intramolecular Hbond substituents is 1. The molecule has 0 bridgehead atoms. The molecular formula is C15H22N2O3. The molecule has 0 radical (unpaired) electrons. The van der Waals surface area contributed by atoms with E-state index in [4.69, 9.17) is 9.47 Å². The molecule has 110 valence electrons. The lowest BCUT2D eigenvalue weighted by Gasteiger charge is -2.27. The minimum absolute atomic E-state index is 0.241. The Balaban J connectivity index is 1.74. The zero-order valence-corrected chi connectivity index (χ0v) is 12.1. The summed E-state index contributed by atoms with van der Waals surface area (Å²) in [4.78, 5) is 4.67. The first-order chi connectivity index (χ1) is 9.63. The van der Waals surface area contributed by atoms with Crippen LogP contribution in [-0.4, -0.2) is 54.9 Å². The van der Waals surface area contributed by atoms with Crippen molar-refractivity contribution in [3.8, 4) is 17.2 Å². The number of benzene rings is 1. The highest BCUT2D eigenvalue weighted by Crippen LogP contribution is 2.38. The van der Waals surface area contributed by atoms with Gasteiger partial charge in [0.1, 0.15) is 5.75 Å². The van der Waals surface area contributed by atoms with Gasteiger partial charge in [0.05, 0.1) is 0 Å². The zero-order valence-electron chi connectivity index (χ0n) is 12.1. The van der Waals surface area contributed by atoms with Crippen molar-refractivity contribution in [3.05, 3.63) is 17.7 Å². The number of hydrogen-bond donors (Lipinski definition) is 1. The summed E-state index contributed by atoms with van der Waals surface area (Å²) in [6.45, 7) is 3.16. The fourth-order valence-corrected chi connectivity index (χ4v) is 3.05. The lowest BCUT2D eigenvalue weighted by molar-refractivity contribution is 0.173. The number of nitrogens with zero attached hydrogens (tertiary/aromatic N) is 2. The van der Waals surface area contributed by atoms with Gasteiger partial charge in [-0.1, -0.05) is 0 Å². The predicted octanol–water partition coefficient (Wildman–Crippen LogP) is 1.65. The van der Waals surface area contributed by atoms with Crippen molar-refractivity contribution in [2.24, 2.45) is 0 Å². The van der Waals surface area contributed by atoms with Crippen LogP contribution in [0.2, 0.25) is 0 Å². The van der Waals surface area contributed by atoms with Gasteiger partial charge in [-0.3, -0.25) is 4.90 Å². The van der Waals surface area contributed by atoms with Gasteiger partial charge >= 0.3 is 0 Å². The van der Waals surface area contributed by atoms with Crippen LogP contribution in [0.5, 0.6) is 17.2 Å². The Morgan fingerprint density at radius 2 is 2.05 bits per heavy atom. The summed E-state index contributed by atoms with van der Waals surface area (Å²) in [5.41, 5.74) is 0.917. The summed E-state index contributed by atoms with van der Waals surface area (Å²) >= 11 is 0. The van der Waals surface area contributed by atoms with Gasteiger partial charge in [0, 0.05) is 30.8 Å². The fraction of sp³-hybridized carbons (Fsp3) is 0.600. The molecule has 5 nitrogen and oxygen atoms in total. The van der Waals surface area contributed by atoms with E-state index in [-0.39, 0.29) is 6.79 Å². The van der Waals surface area contributed by atoms with E-state index < -0.39 is 0 Å². The fourth-order valence-electron chi connectivity index (χ4n) is 3.05. The van der Waals surface area contributed by atoms with E-state index >= 15 is 0 Å². The Hall–Kier alpha value is -1.46. The molecule has 1 saturated heterocycles. The molecule has 2 heterocycles. The smallest absolute Gasteiger partial charge is 0.231 e. The molecule has 0 aromatic heterocycles. The quantitative estimate of drug-likeness (QED) is 0.907. The topological polar surface area (TPSA) is 45.2 Å². The van der Waals surface area contributed by atoms with E-state index in [9.17, 15) is 5.11 Å². The summed E-state index contributed by atoms with van der Waals surface area (Å²) in [5, 5.41) is 10.1. The first-order valence-corrected chi connectivity index (χ1v) is 7.14. The molecular weight excluding hydrogens is 256 g/mol. The Morgan fingerprint density at radius 3 is 2.80 bits per heavy atom. The van der Waals surface area contributed by atoms with Crippen molar-refractivity contribution in [3.63, 3.8) is 0 Å². The van der Waals surface area contributed by atoms with Crippen LogP contribution >= 0.6 is 0 Å². The van der Waals surface area contributed by atoms with Crippen molar-refractivity contribution in [1.82, 2.24) is 9.80 Å². The average Bonchev–Trinajstić information content (AvgIpc) is 2.99. The van der Waals surface area contributed by atoms with Gasteiger partial charge in [-0.25, -0.2) is 0 Å². The minimum atomic E-state index is 0.241. The van der Waals surface area contributed by atoms with Crippen LogP contribution in [0.4, 0.5) is 0 Å². The SMILES string of the molecule is CN(C)CC1CCCN1Cc1cc2c(cc1O)OCO2. The number of rotatable bonds is 4. The van der Waals surface area contributed by atoms with E-state index in [0.717, 1.165) is 30.9 Å². The summed E-state index contributed by atoms with van der Waals surface area (Å²) in [6.07, 6.45) is 2.45. The van der Waals surface area contributed by atoms with Gasteiger partial charge in [-0.05, 0) is 39.5 Å². The second kappa shape index (κ2) is 5.50. The molecule has 1 atom stereocenters. The number of fused-ring (bicyclic) bond motifs is 1. The maximum atomic E-state index is 10.1. The Kier molecular flexibility index (Phi) is 3.72. The first-order valence-electron chi connectivity index (χ1n) is 7.14. The third-order valence-electron chi connectivity index (χ3n) is 4.02. The highest BCUT2D eigenvalue weighted by atomic mass is 16.7. The third kappa shape index (κ3) is 2.69. The summed E-state index contributed by atoms with van der Waals surface area (Å²) < 4.78 is 10.7. The summed E-state index contributed by atoms with van der Waals surface area (Å²) in [7, 11) is 4.21. The molecule has 0 aliphatic carbocycles. The second-order valence-electron chi connectivity index (χ2n) is 5.86. The zero-order chi connectivity index (χ0) is 14.1. The van der Waals surface area contributed by atoms with Crippen molar-refractivity contribution in [2.45, 2.75) is 25.4 Å². The molecule has 0 saturated carbocycles. The maximum Gasteiger partial charge on any atom is 0.231 e. The third-order valence-corrected chi connectivity index (χ3v) is 4.02. The van der Waals surface area contributed by atoms with Crippen LogP contribution in [0.1, 0.15) is 18.4 Å². The van der Waals surface area contributed by atoms with E-state index in [2.05, 4.69) is 23.9 Å². The molecule has 1 aromatic carbocycles. The molecule has 5 heteroatoms. The highest BCUT2D eigenvalue weighted by molar-refractivity contribution is 5.51. The van der Waals surface area contributed by atoms with Crippen molar-refractivity contribution in [2.75, 3.05) is 34.0 Å². The molecule has 20 heavy (non-hydrogen) atoms. The standard InChI is InChI=1S/C15H22N2O3/c1-16(2)9-12-4-3-5-17(12)8-11-6-14-15(7-13(11)18)20-10-19-14/h6-7,12,18H,3-5,8-10H2,1-2H3. The number of aromatic hydroxyl groups is 1. The Labute approximate surface area is 119 Å². The van der Waals surface area contributed by atoms with E-state index in [0.29, 0.717) is 17.5 Å². The van der Waals surface area contributed by atoms with Crippen molar-refractivity contribution >= 4 is 0 Å². The largest absolute Gasteiger partial charge is 0.507 e. The molecule has 3 rings (SSSR count). The van der Waals surface area contributed by atoms with Gasteiger partial charge in [0.2, 0.25) is 6.79 Å². The van der Waals surface area contributed by atoms with Gasteiger partial charge in [0.25, 0.3) is 0 Å². The molecule has 2 aliphatic heterocycles. The van der Waals surface area contributed by atoms with Gasteiger partial charge in [0.15, 0.2) is 11.5 Å². The molecule has 1 fully saturated rings. The molecule has 0 amide bonds. The molecule has 2 aliphatic rings. The van der Waals surface area contributed by atoms with Crippen LogP contribution in [0.3, 0.4) is 0 Å². The monoisotopic (exact) mass is 278 g/mol. The molecule has 1 aromatic rings. The number of likely N-dealkylation sites (N-methyl/N-ethyl adjacent to an activating group) is 1. The lowest BCUT2D eigenvalue weighted by atomic mass is 10.1. The molecule has 1 N–H and O–H groups in total. The number of hydrogen-bond acceptors (Lipinski definition) is 5. The van der Waals surface area contributed by atoms with E-state index in [1.54, 1.807) is 6.07 Å². The number of phenols is 1. The average molecular weight is 278 g/mol. The van der Waals surface area contributed by atoms with E-state index in [1.165, 1.54) is 12.8 Å². The Morgan fingerprint density at radius 1 is 1.30 bits per heavy atom. The van der Waals surface area contributed by atoms with Gasteiger partial charge < -0.3 is 19.5 Å². The van der Waals surface area contributed by atoms with E-state index in [1.807, 2.05) is 6.07 Å². The molecule has 1 unspecified atom stereocenters. The van der Waals surface area contributed by atoms with Gasteiger partial charge in [-0.2, -0.15) is 0 Å². The van der Waals surface area contributed by atoms with Gasteiger partial charge in [-0.15, -0.1) is 0 Å². The van der Waals surface area contributed by atoms with Crippen LogP contribution in [-0.2, 0) is 6.54 Å². The van der Waals surface area contributed by atoms with Crippen LogP contribution in [0.15, 0.2) is 12.1 Å². The maximum absolute atomic E-state index is 10.1.